The number of hydrogen-bond acceptors (Lipinski definition) is 6. The summed E-state index contributed by atoms with van der Waals surface area (Å²) in [7, 11) is 0. The van der Waals surface area contributed by atoms with E-state index in [9.17, 15) is 14.4 Å². The fourth-order valence-corrected chi connectivity index (χ4v) is 5.58. The number of nitrogens with zero attached hydrogens (tertiary/aromatic N) is 1. The fraction of sp³-hybridized carbons (Fsp3) is 0.269. The van der Waals surface area contributed by atoms with Crippen LogP contribution in [0.25, 0.3) is 0 Å². The van der Waals surface area contributed by atoms with Crippen molar-refractivity contribution in [2.45, 2.75) is 30.7 Å². The van der Waals surface area contributed by atoms with E-state index in [1.807, 2.05) is 48.7 Å². The molecule has 0 bridgehead atoms. The van der Waals surface area contributed by atoms with Crippen molar-refractivity contribution in [2.24, 2.45) is 0 Å². The van der Waals surface area contributed by atoms with E-state index >= 15 is 0 Å². The van der Waals surface area contributed by atoms with E-state index in [-0.39, 0.29) is 30.2 Å². The smallest absolute Gasteiger partial charge is 0.339 e. The Morgan fingerprint density at radius 2 is 1.88 bits per heavy atom. The van der Waals surface area contributed by atoms with Crippen molar-refractivity contribution in [3.05, 3.63) is 82.0 Å². The molecule has 1 N–H and O–H groups in total. The molecule has 1 saturated heterocycles. The van der Waals surface area contributed by atoms with E-state index in [0.717, 1.165) is 29.0 Å². The maximum atomic E-state index is 12.8. The first-order valence-electron chi connectivity index (χ1n) is 11.1. The quantitative estimate of drug-likeness (QED) is 0.339. The second kappa shape index (κ2) is 11.4. The number of carbonyl (C=O) groups is 3. The molecule has 1 fully saturated rings. The van der Waals surface area contributed by atoms with E-state index in [1.165, 1.54) is 11.8 Å². The second-order valence-electron chi connectivity index (χ2n) is 8.04. The molecule has 176 valence electrons. The average molecular weight is 495 g/mol. The number of esters is 1. The van der Waals surface area contributed by atoms with Gasteiger partial charge >= 0.3 is 5.97 Å². The Morgan fingerprint density at radius 3 is 2.65 bits per heavy atom. The summed E-state index contributed by atoms with van der Waals surface area (Å²) in [6.07, 6.45) is 1.86. The number of anilines is 1. The van der Waals surface area contributed by atoms with Gasteiger partial charge in [-0.1, -0.05) is 35.9 Å². The van der Waals surface area contributed by atoms with Crippen LogP contribution in [-0.4, -0.2) is 41.6 Å². The molecule has 2 amide bonds. The summed E-state index contributed by atoms with van der Waals surface area (Å²) in [5, 5.41) is 4.86. The van der Waals surface area contributed by atoms with Gasteiger partial charge < -0.3 is 15.0 Å². The normalized spacial score (nSPS) is 15.2. The molecular formula is C26H26N2O4S2. The average Bonchev–Trinajstić information content (AvgIpc) is 3.55. The molecule has 1 aliphatic heterocycles. The zero-order valence-corrected chi connectivity index (χ0v) is 20.5. The van der Waals surface area contributed by atoms with Crippen LogP contribution in [0.15, 0.2) is 70.9 Å². The summed E-state index contributed by atoms with van der Waals surface area (Å²) in [6, 6.07) is 18.6. The molecule has 1 aliphatic rings. The van der Waals surface area contributed by atoms with Crippen LogP contribution < -0.4 is 5.32 Å². The third kappa shape index (κ3) is 6.07. The Bertz CT molecular complexity index is 1150. The maximum absolute atomic E-state index is 12.8. The topological polar surface area (TPSA) is 75.7 Å². The van der Waals surface area contributed by atoms with Gasteiger partial charge in [-0.3, -0.25) is 9.59 Å². The fourth-order valence-electron chi connectivity index (χ4n) is 3.87. The Kier molecular flexibility index (Phi) is 8.03. The zero-order valence-electron chi connectivity index (χ0n) is 18.9. The van der Waals surface area contributed by atoms with Crippen LogP contribution >= 0.6 is 23.1 Å². The standard InChI is InChI=1S/C26H26N2O4S2/c1-18-10-12-19(13-11-18)27-24(29)17-34-22-8-3-2-6-20(22)26(31)32-16-25(30)28-14-4-7-21(28)23-9-5-15-33-23/h2-3,5-6,8-13,15,21H,4,7,14,16-17H2,1H3,(H,27,29). The number of nitrogens with one attached hydrogen (secondary N) is 1. The summed E-state index contributed by atoms with van der Waals surface area (Å²) in [6.45, 7) is 2.35. The van der Waals surface area contributed by atoms with E-state index in [2.05, 4.69) is 5.32 Å². The summed E-state index contributed by atoms with van der Waals surface area (Å²) in [5.41, 5.74) is 2.19. The molecule has 1 unspecified atom stereocenters. The molecule has 6 nitrogen and oxygen atoms in total. The Morgan fingerprint density at radius 1 is 1.09 bits per heavy atom. The zero-order chi connectivity index (χ0) is 23.9. The monoisotopic (exact) mass is 494 g/mol. The first kappa shape index (κ1) is 24.0. The molecule has 1 aromatic heterocycles. The minimum Gasteiger partial charge on any atom is -0.452 e. The summed E-state index contributed by atoms with van der Waals surface area (Å²) >= 11 is 2.89. The molecule has 3 aromatic rings. The number of benzene rings is 2. The number of likely N-dealkylation sites (tertiary alicyclic amines) is 1. The van der Waals surface area contributed by atoms with Gasteiger partial charge in [0.05, 0.1) is 17.4 Å². The van der Waals surface area contributed by atoms with Crippen molar-refractivity contribution in [1.29, 1.82) is 0 Å². The van der Waals surface area contributed by atoms with Crippen molar-refractivity contribution < 1.29 is 19.1 Å². The third-order valence-electron chi connectivity index (χ3n) is 5.57. The number of ether oxygens (including phenoxy) is 1. The van der Waals surface area contributed by atoms with Crippen LogP contribution in [0, 0.1) is 6.92 Å². The highest BCUT2D eigenvalue weighted by molar-refractivity contribution is 8.00. The minimum atomic E-state index is -0.567. The van der Waals surface area contributed by atoms with Gasteiger partial charge in [-0.25, -0.2) is 4.79 Å². The van der Waals surface area contributed by atoms with E-state index in [1.54, 1.807) is 40.5 Å². The lowest BCUT2D eigenvalue weighted by Crippen LogP contribution is -2.34. The number of rotatable bonds is 8. The van der Waals surface area contributed by atoms with Gasteiger partial charge in [0.1, 0.15) is 0 Å². The van der Waals surface area contributed by atoms with Crippen LogP contribution in [0.4, 0.5) is 5.69 Å². The molecule has 0 aliphatic carbocycles. The van der Waals surface area contributed by atoms with Crippen molar-refractivity contribution in [2.75, 3.05) is 24.2 Å². The highest BCUT2D eigenvalue weighted by Crippen LogP contribution is 2.34. The first-order chi connectivity index (χ1) is 16.5. The van der Waals surface area contributed by atoms with Crippen molar-refractivity contribution >= 4 is 46.6 Å². The lowest BCUT2D eigenvalue weighted by atomic mass is 10.2. The number of thioether (sulfide) groups is 1. The molecule has 0 radical (unpaired) electrons. The van der Waals surface area contributed by atoms with Crippen LogP contribution in [0.2, 0.25) is 0 Å². The molecule has 1 atom stereocenters. The van der Waals surface area contributed by atoms with Gasteiger partial charge in [0.15, 0.2) is 6.61 Å². The van der Waals surface area contributed by atoms with Gasteiger partial charge in [-0.15, -0.1) is 23.1 Å². The van der Waals surface area contributed by atoms with Gasteiger partial charge in [0.25, 0.3) is 5.91 Å². The highest BCUT2D eigenvalue weighted by atomic mass is 32.2. The van der Waals surface area contributed by atoms with Gasteiger partial charge in [0.2, 0.25) is 5.91 Å². The van der Waals surface area contributed by atoms with Gasteiger partial charge in [-0.05, 0) is 55.5 Å². The maximum Gasteiger partial charge on any atom is 0.339 e. The van der Waals surface area contributed by atoms with Crippen molar-refractivity contribution in [3.8, 4) is 0 Å². The number of amides is 2. The molecule has 2 aromatic carbocycles. The number of thiophene rings is 1. The van der Waals surface area contributed by atoms with Crippen molar-refractivity contribution in [1.82, 2.24) is 4.90 Å². The van der Waals surface area contributed by atoms with Crippen LogP contribution in [-0.2, 0) is 14.3 Å². The predicted molar refractivity (Wildman–Crippen MR) is 135 cm³/mol. The summed E-state index contributed by atoms with van der Waals surface area (Å²) < 4.78 is 5.38. The van der Waals surface area contributed by atoms with Crippen LogP contribution in [0.3, 0.4) is 0 Å². The van der Waals surface area contributed by atoms with Crippen LogP contribution in [0.5, 0.6) is 0 Å². The Labute approximate surface area is 207 Å². The molecule has 8 heteroatoms. The van der Waals surface area contributed by atoms with E-state index in [0.29, 0.717) is 17.0 Å². The molecule has 4 rings (SSSR count). The largest absolute Gasteiger partial charge is 0.452 e. The molecular weight excluding hydrogens is 468 g/mol. The number of aryl methyl sites for hydroxylation is 1. The van der Waals surface area contributed by atoms with E-state index < -0.39 is 5.97 Å². The molecule has 0 spiro atoms. The van der Waals surface area contributed by atoms with Crippen LogP contribution in [0.1, 0.15) is 39.7 Å². The predicted octanol–water partition coefficient (Wildman–Crippen LogP) is 5.31. The first-order valence-corrected chi connectivity index (χ1v) is 13.0. The summed E-state index contributed by atoms with van der Waals surface area (Å²) in [4.78, 5) is 41.5. The van der Waals surface area contributed by atoms with E-state index in [4.69, 9.17) is 4.74 Å². The third-order valence-corrected chi connectivity index (χ3v) is 7.62. The van der Waals surface area contributed by atoms with Crippen molar-refractivity contribution in [3.63, 3.8) is 0 Å². The Hall–Kier alpha value is -3.10. The SMILES string of the molecule is Cc1ccc(NC(=O)CSc2ccccc2C(=O)OCC(=O)N2CCCC2c2cccs2)cc1. The summed E-state index contributed by atoms with van der Waals surface area (Å²) in [5.74, 6) is -0.775. The second-order valence-corrected chi connectivity index (χ2v) is 10.0. The molecule has 0 saturated carbocycles. The molecule has 34 heavy (non-hydrogen) atoms. The van der Waals surface area contributed by atoms with Gasteiger partial charge in [-0.2, -0.15) is 0 Å². The number of hydrogen-bond donors (Lipinski definition) is 1. The lowest BCUT2D eigenvalue weighted by molar-refractivity contribution is -0.135. The molecule has 2 heterocycles. The highest BCUT2D eigenvalue weighted by Gasteiger charge is 2.31. The Balaban J connectivity index is 1.32. The van der Waals surface area contributed by atoms with Gasteiger partial charge in [0, 0.05) is 22.0 Å². The minimum absolute atomic E-state index is 0.0566. The lowest BCUT2D eigenvalue weighted by Gasteiger charge is -2.23. The number of carbonyl (C=O) groups excluding carboxylic acids is 3.